The van der Waals surface area contributed by atoms with Gasteiger partial charge in [0.1, 0.15) is 13.2 Å². The first-order valence-corrected chi connectivity index (χ1v) is 11.0. The fourth-order valence-corrected chi connectivity index (χ4v) is 4.58. The Morgan fingerprint density at radius 3 is 2.74 bits per heavy atom. The summed E-state index contributed by atoms with van der Waals surface area (Å²) in [5.74, 6) is 2.93. The molecule has 0 amide bonds. The topological polar surface area (TPSA) is 61.5 Å². The van der Waals surface area contributed by atoms with Crippen molar-refractivity contribution < 1.29 is 9.47 Å². The van der Waals surface area contributed by atoms with E-state index in [0.29, 0.717) is 24.1 Å². The van der Waals surface area contributed by atoms with Crippen LogP contribution in [-0.2, 0) is 5.75 Å². The van der Waals surface area contributed by atoms with Gasteiger partial charge in [-0.3, -0.25) is 0 Å². The molecule has 0 radical (unpaired) electrons. The van der Waals surface area contributed by atoms with E-state index >= 15 is 0 Å². The van der Waals surface area contributed by atoms with Crippen LogP contribution in [0.2, 0.25) is 0 Å². The van der Waals surface area contributed by atoms with Crippen molar-refractivity contribution in [2.24, 2.45) is 0 Å². The number of benzene rings is 3. The van der Waals surface area contributed by atoms with Gasteiger partial charge in [-0.05, 0) is 34.5 Å². The zero-order valence-electron chi connectivity index (χ0n) is 16.6. The highest BCUT2D eigenvalue weighted by Gasteiger charge is 2.14. The Hall–Kier alpha value is -3.58. The summed E-state index contributed by atoms with van der Waals surface area (Å²) in [7, 11) is 0. The molecule has 5 aromatic rings. The lowest BCUT2D eigenvalue weighted by atomic mass is 10.0. The molecule has 0 bridgehead atoms. The van der Waals surface area contributed by atoms with Crippen LogP contribution in [0.1, 0.15) is 5.56 Å². The van der Waals surface area contributed by atoms with Gasteiger partial charge >= 0.3 is 0 Å². The predicted octanol–water partition coefficient (Wildman–Crippen LogP) is 5.01. The van der Waals surface area contributed by atoms with E-state index in [4.69, 9.17) is 14.6 Å². The third-order valence-corrected chi connectivity index (χ3v) is 6.17. The quantitative estimate of drug-likeness (QED) is 0.377. The minimum atomic E-state index is 0.584. The maximum atomic E-state index is 5.68. The molecule has 6 rings (SSSR count). The second-order valence-corrected chi connectivity index (χ2v) is 8.17. The van der Waals surface area contributed by atoms with Crippen molar-refractivity contribution in [2.75, 3.05) is 13.2 Å². The zero-order chi connectivity index (χ0) is 20.6. The van der Waals surface area contributed by atoms with Gasteiger partial charge in [0.25, 0.3) is 5.78 Å². The number of ether oxygens (including phenoxy) is 2. The molecule has 152 valence electrons. The number of rotatable bonds is 4. The van der Waals surface area contributed by atoms with Crippen molar-refractivity contribution in [1.82, 2.24) is 19.6 Å². The Kier molecular flexibility index (Phi) is 4.46. The summed E-state index contributed by atoms with van der Waals surface area (Å²) in [6, 6.07) is 22.7. The first kappa shape index (κ1) is 18.2. The van der Waals surface area contributed by atoms with Gasteiger partial charge < -0.3 is 9.47 Å². The molecule has 3 heterocycles. The van der Waals surface area contributed by atoms with Crippen LogP contribution in [0.3, 0.4) is 0 Å². The average molecular weight is 427 g/mol. The minimum Gasteiger partial charge on any atom is -0.486 e. The summed E-state index contributed by atoms with van der Waals surface area (Å²) in [5, 5.41) is 7.81. The van der Waals surface area contributed by atoms with E-state index in [1.807, 2.05) is 22.7 Å². The Morgan fingerprint density at radius 2 is 1.77 bits per heavy atom. The average Bonchev–Trinajstić information content (AvgIpc) is 3.25. The second kappa shape index (κ2) is 7.59. The fraction of sp³-hybridized carbons (Fsp3) is 0.125. The molecule has 7 heteroatoms. The van der Waals surface area contributed by atoms with Gasteiger partial charge in [0, 0.05) is 17.5 Å². The van der Waals surface area contributed by atoms with Gasteiger partial charge in [-0.25, -0.2) is 4.98 Å². The molecule has 1 aliphatic heterocycles. The summed E-state index contributed by atoms with van der Waals surface area (Å²) < 4.78 is 13.1. The summed E-state index contributed by atoms with van der Waals surface area (Å²) in [6.45, 7) is 1.18. The van der Waals surface area contributed by atoms with Crippen LogP contribution in [-0.4, -0.2) is 32.8 Å². The molecule has 3 aromatic carbocycles. The van der Waals surface area contributed by atoms with Crippen LogP contribution in [0, 0.1) is 0 Å². The van der Waals surface area contributed by atoms with Crippen LogP contribution in [0.4, 0.5) is 0 Å². The third kappa shape index (κ3) is 3.37. The van der Waals surface area contributed by atoms with Crippen LogP contribution in [0.5, 0.6) is 11.5 Å². The normalized spacial score (nSPS) is 13.0. The molecule has 2 aromatic heterocycles. The van der Waals surface area contributed by atoms with Crippen molar-refractivity contribution in [2.45, 2.75) is 10.9 Å². The van der Waals surface area contributed by atoms with Gasteiger partial charge in [0.2, 0.25) is 5.16 Å². The van der Waals surface area contributed by atoms with Crippen molar-refractivity contribution in [1.29, 1.82) is 0 Å². The molecule has 0 N–H and O–H groups in total. The summed E-state index contributed by atoms with van der Waals surface area (Å²) in [6.07, 6.45) is 1.79. The van der Waals surface area contributed by atoms with E-state index in [1.54, 1.807) is 18.0 Å². The number of hydrogen-bond acceptors (Lipinski definition) is 6. The summed E-state index contributed by atoms with van der Waals surface area (Å²) >= 11 is 1.58. The number of aromatic nitrogens is 4. The fourth-order valence-electron chi connectivity index (χ4n) is 3.82. The monoisotopic (exact) mass is 426 g/mol. The highest BCUT2D eigenvalue weighted by molar-refractivity contribution is 7.98. The standard InChI is InChI=1S/C24H18N4O2S/c1-2-6-18-17(4-1)5-3-7-19(18)20-10-11-25-23-26-24(27-28(20)23)31-15-16-8-9-21-22(14-16)30-13-12-29-21/h1-11,14H,12-13,15H2. The summed E-state index contributed by atoms with van der Waals surface area (Å²) in [4.78, 5) is 9.05. The maximum Gasteiger partial charge on any atom is 0.253 e. The van der Waals surface area contributed by atoms with Crippen molar-refractivity contribution in [3.63, 3.8) is 0 Å². The van der Waals surface area contributed by atoms with Gasteiger partial charge in [0.05, 0.1) is 5.69 Å². The van der Waals surface area contributed by atoms with E-state index in [2.05, 4.69) is 58.5 Å². The van der Waals surface area contributed by atoms with Gasteiger partial charge in [-0.2, -0.15) is 9.50 Å². The first-order valence-electron chi connectivity index (χ1n) is 10.1. The van der Waals surface area contributed by atoms with Gasteiger partial charge in [-0.15, -0.1) is 5.10 Å². The molecule has 31 heavy (non-hydrogen) atoms. The molecule has 0 fully saturated rings. The molecule has 6 nitrogen and oxygen atoms in total. The number of nitrogens with zero attached hydrogens (tertiary/aromatic N) is 4. The summed E-state index contributed by atoms with van der Waals surface area (Å²) in [5.41, 5.74) is 3.22. The van der Waals surface area contributed by atoms with E-state index < -0.39 is 0 Å². The molecular formula is C24H18N4O2S. The van der Waals surface area contributed by atoms with Crippen LogP contribution < -0.4 is 9.47 Å². The van der Waals surface area contributed by atoms with Gasteiger partial charge in [0.15, 0.2) is 11.5 Å². The van der Waals surface area contributed by atoms with Crippen LogP contribution >= 0.6 is 11.8 Å². The van der Waals surface area contributed by atoms with Crippen molar-refractivity contribution in [3.8, 4) is 22.8 Å². The molecule has 0 unspecified atom stereocenters. The molecule has 0 saturated carbocycles. The highest BCUT2D eigenvalue weighted by Crippen LogP contribution is 2.33. The lowest BCUT2D eigenvalue weighted by molar-refractivity contribution is 0.171. The molecular weight excluding hydrogens is 408 g/mol. The van der Waals surface area contributed by atoms with Crippen LogP contribution in [0.25, 0.3) is 27.8 Å². The first-order chi connectivity index (χ1) is 15.3. The predicted molar refractivity (Wildman–Crippen MR) is 121 cm³/mol. The Labute approximate surface area is 182 Å². The highest BCUT2D eigenvalue weighted by atomic mass is 32.2. The Morgan fingerprint density at radius 1 is 0.903 bits per heavy atom. The molecule has 0 saturated heterocycles. The zero-order valence-corrected chi connectivity index (χ0v) is 17.4. The molecule has 1 aliphatic rings. The van der Waals surface area contributed by atoms with E-state index in [9.17, 15) is 0 Å². The van der Waals surface area contributed by atoms with Crippen molar-refractivity contribution in [3.05, 3.63) is 78.5 Å². The molecule has 0 atom stereocenters. The van der Waals surface area contributed by atoms with E-state index in [0.717, 1.165) is 34.1 Å². The van der Waals surface area contributed by atoms with Crippen LogP contribution in [0.15, 0.2) is 78.1 Å². The Bertz CT molecular complexity index is 1410. The van der Waals surface area contributed by atoms with Crippen molar-refractivity contribution >= 4 is 28.3 Å². The lowest BCUT2D eigenvalue weighted by Gasteiger charge is -2.18. The maximum absolute atomic E-state index is 5.68. The van der Waals surface area contributed by atoms with E-state index in [-0.39, 0.29) is 0 Å². The number of thioether (sulfide) groups is 1. The number of fused-ring (bicyclic) bond motifs is 3. The SMILES string of the molecule is c1ccc2c(-c3ccnc4nc(SCc5ccc6c(c5)OCCO6)nn34)cccc2c1. The molecule has 0 aliphatic carbocycles. The van der Waals surface area contributed by atoms with E-state index in [1.165, 1.54) is 10.8 Å². The molecule has 0 spiro atoms. The minimum absolute atomic E-state index is 0.584. The van der Waals surface area contributed by atoms with Gasteiger partial charge in [-0.1, -0.05) is 60.3 Å². The second-order valence-electron chi connectivity index (χ2n) is 7.23. The third-order valence-electron chi connectivity index (χ3n) is 5.26. The largest absolute Gasteiger partial charge is 0.486 e. The lowest BCUT2D eigenvalue weighted by Crippen LogP contribution is -2.15. The smallest absolute Gasteiger partial charge is 0.253 e. The Balaban J connectivity index is 1.33. The number of hydrogen-bond donors (Lipinski definition) is 0.